The van der Waals surface area contributed by atoms with Gasteiger partial charge in [-0.05, 0) is 69.8 Å². The minimum atomic E-state index is -1.08. The molecule has 1 spiro atoms. The Hall–Kier alpha value is -2.88. The van der Waals surface area contributed by atoms with Crippen LogP contribution in [0.25, 0.3) is 0 Å². The SMILES string of the molecule is C=CC(=O)N1CCN(C2NC(OCC3CCCN3C)NC3C(=O)[C@@]4(CCc5cccc(F)c5O4)CCC32)CC1CC#N. The molecule has 2 N–H and O–H groups in total. The van der Waals surface area contributed by atoms with Crippen molar-refractivity contribution in [2.45, 2.75) is 81.2 Å². The molecule has 11 heteroatoms. The first-order valence-corrected chi connectivity index (χ1v) is 15.2. The number of benzene rings is 1. The van der Waals surface area contributed by atoms with Crippen LogP contribution in [0.2, 0.25) is 0 Å². The van der Waals surface area contributed by atoms with E-state index in [4.69, 9.17) is 9.47 Å². The number of ether oxygens (including phenoxy) is 2. The number of ketones is 1. The van der Waals surface area contributed by atoms with Crippen LogP contribution in [-0.2, 0) is 20.7 Å². The zero-order valence-electron chi connectivity index (χ0n) is 24.3. The molecule has 0 aromatic heterocycles. The topological polar surface area (TPSA) is 110 Å². The molecule has 4 fully saturated rings. The molecular weight excluding hydrogens is 539 g/mol. The summed E-state index contributed by atoms with van der Waals surface area (Å²) in [5.41, 5.74) is -0.288. The lowest BCUT2D eigenvalue weighted by Crippen LogP contribution is -2.76. The maximum Gasteiger partial charge on any atom is 0.246 e. The van der Waals surface area contributed by atoms with Gasteiger partial charge in [-0.2, -0.15) is 5.26 Å². The first kappa shape index (κ1) is 29.2. The number of fused-ring (bicyclic) bond motifs is 2. The smallest absolute Gasteiger partial charge is 0.246 e. The molecule has 6 rings (SSSR count). The second-order valence-electron chi connectivity index (χ2n) is 12.4. The molecule has 0 bridgehead atoms. The molecule has 1 saturated carbocycles. The van der Waals surface area contributed by atoms with Crippen molar-refractivity contribution in [2.75, 3.05) is 39.8 Å². The average Bonchev–Trinajstić information content (AvgIpc) is 3.42. The molecule has 226 valence electrons. The Balaban J connectivity index is 1.25. The van der Waals surface area contributed by atoms with Gasteiger partial charge in [-0.25, -0.2) is 4.39 Å². The Bertz CT molecular complexity index is 1260. The van der Waals surface area contributed by atoms with Crippen LogP contribution in [0.15, 0.2) is 30.9 Å². The van der Waals surface area contributed by atoms with Crippen LogP contribution in [0.5, 0.6) is 5.75 Å². The molecule has 3 saturated heterocycles. The first-order chi connectivity index (χ1) is 20.3. The zero-order chi connectivity index (χ0) is 29.4. The van der Waals surface area contributed by atoms with E-state index in [9.17, 15) is 19.2 Å². The number of likely N-dealkylation sites (tertiary alicyclic amines) is 1. The summed E-state index contributed by atoms with van der Waals surface area (Å²) in [5.74, 6) is -0.563. The van der Waals surface area contributed by atoms with Gasteiger partial charge in [0, 0.05) is 31.6 Å². The number of amides is 1. The largest absolute Gasteiger partial charge is 0.476 e. The van der Waals surface area contributed by atoms with Crippen LogP contribution in [-0.4, -0.2) is 102 Å². The number of nitriles is 1. The highest BCUT2D eigenvalue weighted by Gasteiger charge is 2.57. The second kappa shape index (κ2) is 12.0. The lowest BCUT2D eigenvalue weighted by molar-refractivity contribution is -0.161. The van der Waals surface area contributed by atoms with E-state index in [1.54, 1.807) is 11.0 Å². The minimum Gasteiger partial charge on any atom is -0.476 e. The van der Waals surface area contributed by atoms with Gasteiger partial charge in [0.15, 0.2) is 29.3 Å². The highest BCUT2D eigenvalue weighted by molar-refractivity contribution is 5.94. The lowest BCUT2D eigenvalue weighted by atomic mass is 9.69. The summed E-state index contributed by atoms with van der Waals surface area (Å²) in [6.07, 6.45) is 5.21. The van der Waals surface area contributed by atoms with E-state index < -0.39 is 23.8 Å². The van der Waals surface area contributed by atoms with E-state index in [1.165, 1.54) is 12.1 Å². The van der Waals surface area contributed by atoms with Gasteiger partial charge in [0.05, 0.1) is 37.3 Å². The normalized spacial score (nSPS) is 35.3. The third-order valence-electron chi connectivity index (χ3n) is 10.1. The third kappa shape index (κ3) is 5.35. The number of nitrogens with zero attached hydrogens (tertiary/aromatic N) is 4. The van der Waals surface area contributed by atoms with E-state index in [0.29, 0.717) is 58.0 Å². The number of likely N-dealkylation sites (N-methyl/N-ethyl adjacent to an activating group) is 1. The van der Waals surface area contributed by atoms with E-state index in [0.717, 1.165) is 24.9 Å². The predicted molar refractivity (Wildman–Crippen MR) is 153 cm³/mol. The Morgan fingerprint density at radius 3 is 2.88 bits per heavy atom. The Labute approximate surface area is 246 Å². The highest BCUT2D eigenvalue weighted by Crippen LogP contribution is 2.44. The molecular formula is C31H41FN6O4. The molecule has 5 aliphatic rings. The molecule has 42 heavy (non-hydrogen) atoms. The van der Waals surface area contributed by atoms with E-state index in [1.807, 2.05) is 6.07 Å². The number of Topliss-reactive ketones (excluding diaryl/α,β-unsaturated/α-hetero) is 1. The first-order valence-electron chi connectivity index (χ1n) is 15.2. The quantitative estimate of drug-likeness (QED) is 0.487. The second-order valence-corrected chi connectivity index (χ2v) is 12.4. The minimum absolute atomic E-state index is 0.0558. The van der Waals surface area contributed by atoms with Gasteiger partial charge in [-0.15, -0.1) is 0 Å². The van der Waals surface area contributed by atoms with E-state index in [2.05, 4.69) is 40.1 Å². The van der Waals surface area contributed by atoms with Crippen molar-refractivity contribution in [3.63, 3.8) is 0 Å². The van der Waals surface area contributed by atoms with E-state index in [-0.39, 0.29) is 42.0 Å². The molecule has 1 amide bonds. The number of carbonyl (C=O) groups excluding carboxylic acids is 2. The number of piperazine rings is 1. The summed E-state index contributed by atoms with van der Waals surface area (Å²) in [7, 11) is 2.10. The maximum absolute atomic E-state index is 14.8. The number of halogens is 1. The Kier molecular flexibility index (Phi) is 8.35. The van der Waals surface area contributed by atoms with Crippen LogP contribution in [0.1, 0.15) is 44.1 Å². The van der Waals surface area contributed by atoms with Gasteiger partial charge in [-0.1, -0.05) is 18.7 Å². The molecule has 1 aromatic carbocycles. The Morgan fingerprint density at radius 2 is 2.12 bits per heavy atom. The number of hydrogen-bond donors (Lipinski definition) is 2. The van der Waals surface area contributed by atoms with Crippen LogP contribution >= 0.6 is 0 Å². The number of nitrogens with one attached hydrogen (secondary N) is 2. The summed E-state index contributed by atoms with van der Waals surface area (Å²) in [5, 5.41) is 16.6. The van der Waals surface area contributed by atoms with Crippen LogP contribution < -0.4 is 15.4 Å². The van der Waals surface area contributed by atoms with Gasteiger partial charge < -0.3 is 19.3 Å². The number of hydrogen-bond acceptors (Lipinski definition) is 9. The fourth-order valence-corrected chi connectivity index (χ4v) is 7.68. The predicted octanol–water partition coefficient (Wildman–Crippen LogP) is 1.76. The average molecular weight is 581 g/mol. The number of para-hydroxylation sites is 1. The summed E-state index contributed by atoms with van der Waals surface area (Å²) in [4.78, 5) is 33.2. The molecule has 4 heterocycles. The zero-order valence-corrected chi connectivity index (χ0v) is 24.3. The standard InChI is InChI=1S/C31H41FN6O4/c1-3-25(39)38-17-16-37(18-21(38)11-14-33)29-23-10-13-31(12-9-20-6-4-8-24(32)27(20)42-31)28(40)26(23)34-30(35-29)41-19-22-7-5-15-36(22)2/h3-4,6,8,21-23,26,29-30,34-35H,1,5,7,9-13,15-19H2,2H3/t21?,22?,23?,26?,29?,30?,31-/m1/s1. The lowest BCUT2D eigenvalue weighted by Gasteiger charge is -2.54. The summed E-state index contributed by atoms with van der Waals surface area (Å²) in [6.45, 7) is 6.76. The monoisotopic (exact) mass is 580 g/mol. The third-order valence-corrected chi connectivity index (χ3v) is 10.1. The Morgan fingerprint density at radius 1 is 1.26 bits per heavy atom. The number of rotatable bonds is 6. The fourth-order valence-electron chi connectivity index (χ4n) is 7.68. The number of carbonyl (C=O) groups is 2. The molecule has 7 atom stereocenters. The van der Waals surface area contributed by atoms with E-state index >= 15 is 0 Å². The summed E-state index contributed by atoms with van der Waals surface area (Å²) >= 11 is 0. The van der Waals surface area contributed by atoms with Crippen molar-refractivity contribution < 1.29 is 23.5 Å². The molecule has 0 radical (unpaired) electrons. The van der Waals surface area contributed by atoms with Crippen LogP contribution in [0, 0.1) is 23.1 Å². The van der Waals surface area contributed by atoms with Crippen molar-refractivity contribution in [2.24, 2.45) is 5.92 Å². The van der Waals surface area contributed by atoms with Crippen molar-refractivity contribution in [3.05, 3.63) is 42.2 Å². The molecule has 1 aromatic rings. The van der Waals surface area contributed by atoms with Gasteiger partial charge >= 0.3 is 0 Å². The van der Waals surface area contributed by atoms with Crippen LogP contribution in [0.4, 0.5) is 4.39 Å². The molecule has 1 aliphatic carbocycles. The highest BCUT2D eigenvalue weighted by atomic mass is 19.1. The van der Waals surface area contributed by atoms with Crippen LogP contribution in [0.3, 0.4) is 0 Å². The number of aryl methyl sites for hydroxylation is 1. The van der Waals surface area contributed by atoms with Crippen molar-refractivity contribution >= 4 is 11.7 Å². The van der Waals surface area contributed by atoms with Gasteiger partial charge in [-0.3, -0.25) is 25.1 Å². The van der Waals surface area contributed by atoms with Gasteiger partial charge in [0.2, 0.25) is 5.91 Å². The van der Waals surface area contributed by atoms with Gasteiger partial charge in [0.25, 0.3) is 0 Å². The molecule has 4 aliphatic heterocycles. The van der Waals surface area contributed by atoms with Crippen molar-refractivity contribution in [3.8, 4) is 11.8 Å². The summed E-state index contributed by atoms with van der Waals surface area (Å²) in [6, 6.07) is 6.64. The fraction of sp³-hybridized carbons (Fsp3) is 0.645. The molecule has 10 nitrogen and oxygen atoms in total. The van der Waals surface area contributed by atoms with Gasteiger partial charge in [0.1, 0.15) is 0 Å². The molecule has 6 unspecified atom stereocenters. The van der Waals surface area contributed by atoms with Crippen molar-refractivity contribution in [1.29, 1.82) is 5.26 Å². The maximum atomic E-state index is 14.8. The summed E-state index contributed by atoms with van der Waals surface area (Å²) < 4.78 is 27.5. The van der Waals surface area contributed by atoms with Crippen molar-refractivity contribution in [1.82, 2.24) is 25.3 Å².